The zero-order valence-corrected chi connectivity index (χ0v) is 8.41. The van der Waals surface area contributed by atoms with Gasteiger partial charge in [0, 0.05) is 5.25 Å². The van der Waals surface area contributed by atoms with Crippen molar-refractivity contribution >= 4 is 11.8 Å². The van der Waals surface area contributed by atoms with Gasteiger partial charge in [-0.3, -0.25) is 0 Å². The summed E-state index contributed by atoms with van der Waals surface area (Å²) in [5.41, 5.74) is 0.711. The molecule has 0 N–H and O–H groups in total. The molecule has 0 radical (unpaired) electrons. The Kier molecular flexibility index (Phi) is 1.95. The van der Waals surface area contributed by atoms with Crippen LogP contribution in [0.3, 0.4) is 0 Å². The van der Waals surface area contributed by atoms with E-state index < -0.39 is 0 Å². The van der Waals surface area contributed by atoms with Crippen molar-refractivity contribution < 1.29 is 0 Å². The maximum absolute atomic E-state index is 2.48. The van der Waals surface area contributed by atoms with Gasteiger partial charge in [0.25, 0.3) is 0 Å². The summed E-state index contributed by atoms with van der Waals surface area (Å²) in [4.78, 5) is 0. The van der Waals surface area contributed by atoms with Crippen LogP contribution in [0.4, 0.5) is 0 Å². The van der Waals surface area contributed by atoms with Crippen LogP contribution in [0.2, 0.25) is 0 Å². The van der Waals surface area contributed by atoms with Crippen molar-refractivity contribution in [1.82, 2.24) is 0 Å². The smallest absolute Gasteiger partial charge is 0.00809 e. The van der Waals surface area contributed by atoms with Gasteiger partial charge in [0.2, 0.25) is 0 Å². The van der Waals surface area contributed by atoms with Crippen LogP contribution in [0.15, 0.2) is 0 Å². The van der Waals surface area contributed by atoms with Gasteiger partial charge in [-0.15, -0.1) is 0 Å². The third-order valence-electron chi connectivity index (χ3n) is 3.65. The Morgan fingerprint density at radius 1 is 1.45 bits per heavy atom. The van der Waals surface area contributed by atoms with Gasteiger partial charge in [-0.2, -0.15) is 11.8 Å². The SMILES string of the molecule is CCC1(C)CC2CCSC2C1. The summed E-state index contributed by atoms with van der Waals surface area (Å²) in [6, 6.07) is 0. The molecule has 1 saturated carbocycles. The van der Waals surface area contributed by atoms with Crippen molar-refractivity contribution in [3.63, 3.8) is 0 Å². The molecule has 0 aromatic heterocycles. The lowest BCUT2D eigenvalue weighted by molar-refractivity contribution is 0.306. The Labute approximate surface area is 74.1 Å². The minimum absolute atomic E-state index is 0.711. The molecular weight excluding hydrogens is 152 g/mol. The van der Waals surface area contributed by atoms with Gasteiger partial charge >= 0.3 is 0 Å². The van der Waals surface area contributed by atoms with Crippen molar-refractivity contribution in [1.29, 1.82) is 0 Å². The van der Waals surface area contributed by atoms with Crippen LogP contribution in [-0.4, -0.2) is 11.0 Å². The molecule has 1 aliphatic carbocycles. The highest BCUT2D eigenvalue weighted by Crippen LogP contribution is 2.53. The van der Waals surface area contributed by atoms with Crippen molar-refractivity contribution in [3.8, 4) is 0 Å². The molecule has 0 spiro atoms. The second kappa shape index (κ2) is 2.69. The van der Waals surface area contributed by atoms with E-state index in [1.54, 1.807) is 0 Å². The Balaban J connectivity index is 2.04. The lowest BCUT2D eigenvalue weighted by atomic mass is 9.85. The van der Waals surface area contributed by atoms with Gasteiger partial charge < -0.3 is 0 Å². The molecule has 3 atom stereocenters. The molecule has 1 heteroatoms. The largest absolute Gasteiger partial charge is 0.158 e. The molecule has 2 rings (SSSR count). The van der Waals surface area contributed by atoms with E-state index in [0.29, 0.717) is 5.41 Å². The molecule has 0 nitrogen and oxygen atoms in total. The average molecular weight is 170 g/mol. The van der Waals surface area contributed by atoms with E-state index in [1.807, 2.05) is 0 Å². The third-order valence-corrected chi connectivity index (χ3v) is 5.10. The van der Waals surface area contributed by atoms with Crippen molar-refractivity contribution in [3.05, 3.63) is 0 Å². The topological polar surface area (TPSA) is 0 Å². The number of hydrogen-bond acceptors (Lipinski definition) is 1. The van der Waals surface area contributed by atoms with Crippen LogP contribution < -0.4 is 0 Å². The first-order valence-electron chi connectivity index (χ1n) is 4.85. The molecule has 0 aromatic carbocycles. The van der Waals surface area contributed by atoms with Crippen molar-refractivity contribution in [2.24, 2.45) is 11.3 Å². The Morgan fingerprint density at radius 2 is 2.27 bits per heavy atom. The van der Waals surface area contributed by atoms with Crippen LogP contribution >= 0.6 is 11.8 Å². The zero-order chi connectivity index (χ0) is 7.90. The monoisotopic (exact) mass is 170 g/mol. The molecular formula is C10H18S. The van der Waals surface area contributed by atoms with Crippen LogP contribution in [0.1, 0.15) is 39.5 Å². The van der Waals surface area contributed by atoms with Gasteiger partial charge in [0.15, 0.2) is 0 Å². The molecule has 0 amide bonds. The second-order valence-corrected chi connectivity index (χ2v) is 5.88. The van der Waals surface area contributed by atoms with Gasteiger partial charge in [-0.25, -0.2) is 0 Å². The standard InChI is InChI=1S/C10H18S/c1-3-10(2)6-8-4-5-11-9(8)7-10/h8-9H,3-7H2,1-2H3. The molecule has 2 aliphatic rings. The number of fused-ring (bicyclic) bond motifs is 1. The Hall–Kier alpha value is 0.350. The van der Waals surface area contributed by atoms with Crippen molar-refractivity contribution in [2.75, 3.05) is 5.75 Å². The molecule has 64 valence electrons. The second-order valence-electron chi connectivity index (χ2n) is 4.53. The summed E-state index contributed by atoms with van der Waals surface area (Å²) in [5, 5.41) is 1.04. The number of hydrogen-bond donors (Lipinski definition) is 0. The molecule has 2 fully saturated rings. The fraction of sp³-hybridized carbons (Fsp3) is 1.00. The minimum atomic E-state index is 0.711. The van der Waals surface area contributed by atoms with Crippen molar-refractivity contribution in [2.45, 2.75) is 44.8 Å². The van der Waals surface area contributed by atoms with E-state index in [0.717, 1.165) is 11.2 Å². The van der Waals surface area contributed by atoms with Crippen LogP contribution in [-0.2, 0) is 0 Å². The zero-order valence-electron chi connectivity index (χ0n) is 7.60. The molecule has 1 heterocycles. The predicted octanol–water partition coefficient (Wildman–Crippen LogP) is 3.32. The van der Waals surface area contributed by atoms with Crippen LogP contribution in [0.5, 0.6) is 0 Å². The molecule has 1 aliphatic heterocycles. The molecule has 0 bridgehead atoms. The maximum Gasteiger partial charge on any atom is 0.00809 e. The van der Waals surface area contributed by atoms with E-state index in [4.69, 9.17) is 0 Å². The number of thioether (sulfide) groups is 1. The summed E-state index contributed by atoms with van der Waals surface area (Å²) in [6.07, 6.45) is 5.91. The average Bonchev–Trinajstić information content (AvgIpc) is 2.46. The van der Waals surface area contributed by atoms with Crippen LogP contribution in [0.25, 0.3) is 0 Å². The number of rotatable bonds is 1. The summed E-state index contributed by atoms with van der Waals surface area (Å²) in [7, 11) is 0. The minimum Gasteiger partial charge on any atom is -0.158 e. The van der Waals surface area contributed by atoms with Gasteiger partial charge in [-0.1, -0.05) is 20.3 Å². The first-order chi connectivity index (χ1) is 5.23. The fourth-order valence-electron chi connectivity index (χ4n) is 2.64. The summed E-state index contributed by atoms with van der Waals surface area (Å²) < 4.78 is 0. The maximum atomic E-state index is 2.48. The molecule has 0 aromatic rings. The molecule has 11 heavy (non-hydrogen) atoms. The summed E-state index contributed by atoms with van der Waals surface area (Å²) in [6.45, 7) is 4.83. The highest BCUT2D eigenvalue weighted by atomic mass is 32.2. The first-order valence-corrected chi connectivity index (χ1v) is 5.90. The van der Waals surface area contributed by atoms with Gasteiger partial charge in [0.1, 0.15) is 0 Å². The Bertz CT molecular complexity index is 141. The summed E-state index contributed by atoms with van der Waals surface area (Å²) >= 11 is 2.23. The summed E-state index contributed by atoms with van der Waals surface area (Å²) in [5.74, 6) is 2.53. The van der Waals surface area contributed by atoms with E-state index in [9.17, 15) is 0 Å². The van der Waals surface area contributed by atoms with E-state index >= 15 is 0 Å². The lowest BCUT2D eigenvalue weighted by Crippen LogP contribution is -2.10. The van der Waals surface area contributed by atoms with Gasteiger partial charge in [-0.05, 0) is 36.3 Å². The normalized spacial score (nSPS) is 49.6. The van der Waals surface area contributed by atoms with Crippen LogP contribution in [0, 0.1) is 11.3 Å². The Morgan fingerprint density at radius 3 is 2.91 bits per heavy atom. The quantitative estimate of drug-likeness (QED) is 0.582. The molecule has 3 unspecified atom stereocenters. The van der Waals surface area contributed by atoms with Gasteiger partial charge in [0.05, 0.1) is 0 Å². The third kappa shape index (κ3) is 1.32. The van der Waals surface area contributed by atoms with E-state index in [-0.39, 0.29) is 0 Å². The lowest BCUT2D eigenvalue weighted by Gasteiger charge is -2.22. The van der Waals surface area contributed by atoms with E-state index in [2.05, 4.69) is 25.6 Å². The fourth-order valence-corrected chi connectivity index (χ4v) is 4.41. The molecule has 1 saturated heterocycles. The highest BCUT2D eigenvalue weighted by Gasteiger charge is 2.43. The highest BCUT2D eigenvalue weighted by molar-refractivity contribution is 8.00. The van der Waals surface area contributed by atoms with E-state index in [1.165, 1.54) is 31.4 Å². The predicted molar refractivity (Wildman–Crippen MR) is 52.0 cm³/mol. The first kappa shape index (κ1) is 7.97.